The molecule has 0 aliphatic rings. The molecule has 0 saturated heterocycles. The average Bonchev–Trinajstić information content (AvgIpc) is 2.61. The number of nitrogens with one attached hydrogen (secondary N) is 3. The molecule has 1 aromatic rings. The van der Waals surface area contributed by atoms with E-state index >= 15 is 0 Å². The van der Waals surface area contributed by atoms with Gasteiger partial charge in [-0.2, -0.15) is 0 Å². The lowest BCUT2D eigenvalue weighted by Crippen LogP contribution is -2.41. The Kier molecular flexibility index (Phi) is 14.6. The molecule has 0 unspecified atom stereocenters. The molecule has 8 heteroatoms. The summed E-state index contributed by atoms with van der Waals surface area (Å²) in [6.45, 7) is 10.3. The molecule has 0 bridgehead atoms. The van der Waals surface area contributed by atoms with E-state index in [-0.39, 0.29) is 35.6 Å². The van der Waals surface area contributed by atoms with Gasteiger partial charge in [0.1, 0.15) is 5.75 Å². The van der Waals surface area contributed by atoms with Gasteiger partial charge in [0.2, 0.25) is 0 Å². The highest BCUT2D eigenvalue weighted by atomic mass is 127. The number of ether oxygens (including phenoxy) is 1. The van der Waals surface area contributed by atoms with E-state index in [2.05, 4.69) is 34.8 Å². The maximum Gasteiger partial charge on any atom is 0.251 e. The molecule has 7 nitrogen and oxygen atoms in total. The normalized spacial score (nSPS) is 11.0. The van der Waals surface area contributed by atoms with Gasteiger partial charge in [0.15, 0.2) is 5.96 Å². The molecule has 27 heavy (non-hydrogen) atoms. The van der Waals surface area contributed by atoms with Crippen molar-refractivity contribution in [3.63, 3.8) is 0 Å². The summed E-state index contributed by atoms with van der Waals surface area (Å²) >= 11 is 0. The van der Waals surface area contributed by atoms with E-state index in [1.807, 2.05) is 6.92 Å². The molecule has 0 radical (unpaired) electrons. The number of halogens is 1. The third kappa shape index (κ3) is 12.5. The Labute approximate surface area is 179 Å². The molecular formula is C19H33IN4O3. The minimum atomic E-state index is -0.170. The zero-order valence-corrected chi connectivity index (χ0v) is 18.8. The third-order valence-electron chi connectivity index (χ3n) is 3.34. The van der Waals surface area contributed by atoms with Gasteiger partial charge in [-0.1, -0.05) is 13.8 Å². The zero-order chi connectivity index (χ0) is 19.2. The summed E-state index contributed by atoms with van der Waals surface area (Å²) in [6, 6.07) is 6.16. The van der Waals surface area contributed by atoms with Crippen LogP contribution in [0, 0.1) is 5.92 Å². The van der Waals surface area contributed by atoms with E-state index in [1.54, 1.807) is 12.1 Å². The standard InChI is InChI=1S/C19H32N4O3.HI/c1-4-20-19(22-10-5-13-26-14-15(2)3)23-12-11-21-18(25)16-6-8-17(24)9-7-16;/h6-9,15,24H,4-5,10-14H2,1-3H3,(H,21,25)(H2,20,22,23);1H. The predicted molar refractivity (Wildman–Crippen MR) is 120 cm³/mol. The Balaban J connectivity index is 0.00000676. The fraction of sp³-hybridized carbons (Fsp3) is 0.579. The molecule has 0 fully saturated rings. The van der Waals surface area contributed by atoms with Crippen LogP contribution in [0.15, 0.2) is 29.3 Å². The minimum absolute atomic E-state index is 0. The van der Waals surface area contributed by atoms with E-state index in [0.717, 1.165) is 25.5 Å². The number of amides is 1. The second kappa shape index (κ2) is 15.5. The molecular weight excluding hydrogens is 459 g/mol. The van der Waals surface area contributed by atoms with Crippen LogP contribution < -0.4 is 16.0 Å². The molecule has 0 saturated carbocycles. The summed E-state index contributed by atoms with van der Waals surface area (Å²) in [5, 5.41) is 18.4. The maximum atomic E-state index is 12.0. The first-order valence-electron chi connectivity index (χ1n) is 9.20. The first-order valence-corrected chi connectivity index (χ1v) is 9.20. The highest BCUT2D eigenvalue weighted by Gasteiger charge is 2.04. The molecule has 1 amide bonds. The lowest BCUT2D eigenvalue weighted by molar-refractivity contribution is 0.0954. The summed E-state index contributed by atoms with van der Waals surface area (Å²) in [5.74, 6) is 1.25. The Morgan fingerprint density at radius 3 is 2.44 bits per heavy atom. The van der Waals surface area contributed by atoms with E-state index in [9.17, 15) is 9.90 Å². The predicted octanol–water partition coefficient (Wildman–Crippen LogP) is 2.36. The second-order valence-electron chi connectivity index (χ2n) is 6.31. The number of hydrogen-bond acceptors (Lipinski definition) is 4. The lowest BCUT2D eigenvalue weighted by atomic mass is 10.2. The van der Waals surface area contributed by atoms with Crippen LogP contribution in [0.3, 0.4) is 0 Å². The highest BCUT2D eigenvalue weighted by Crippen LogP contribution is 2.09. The van der Waals surface area contributed by atoms with Gasteiger partial charge in [-0.05, 0) is 43.5 Å². The average molecular weight is 492 g/mol. The van der Waals surface area contributed by atoms with Crippen molar-refractivity contribution < 1.29 is 14.6 Å². The fourth-order valence-electron chi connectivity index (χ4n) is 2.09. The number of carbonyl (C=O) groups is 1. The Morgan fingerprint density at radius 1 is 1.15 bits per heavy atom. The van der Waals surface area contributed by atoms with Crippen molar-refractivity contribution in [2.24, 2.45) is 10.9 Å². The highest BCUT2D eigenvalue weighted by molar-refractivity contribution is 14.0. The molecule has 0 spiro atoms. The number of benzene rings is 1. The van der Waals surface area contributed by atoms with E-state index in [0.29, 0.717) is 37.7 Å². The SMILES string of the molecule is CCNC(=NCCCOCC(C)C)NCCNC(=O)c1ccc(O)cc1.I. The third-order valence-corrected chi connectivity index (χ3v) is 3.34. The van der Waals surface area contributed by atoms with Gasteiger partial charge >= 0.3 is 0 Å². The molecule has 0 aliphatic heterocycles. The molecule has 1 rings (SSSR count). The van der Waals surface area contributed by atoms with Crippen molar-refractivity contribution in [3.8, 4) is 5.75 Å². The van der Waals surface area contributed by atoms with Crippen molar-refractivity contribution in [1.29, 1.82) is 0 Å². The number of hydrogen-bond donors (Lipinski definition) is 4. The zero-order valence-electron chi connectivity index (χ0n) is 16.5. The van der Waals surface area contributed by atoms with Gasteiger partial charge in [-0.15, -0.1) is 24.0 Å². The number of phenolic OH excluding ortho intramolecular Hbond substituents is 1. The number of rotatable bonds is 11. The second-order valence-corrected chi connectivity index (χ2v) is 6.31. The Morgan fingerprint density at radius 2 is 1.81 bits per heavy atom. The van der Waals surface area contributed by atoms with Gasteiger partial charge in [0, 0.05) is 45.0 Å². The van der Waals surface area contributed by atoms with Gasteiger partial charge in [-0.25, -0.2) is 0 Å². The van der Waals surface area contributed by atoms with Crippen LogP contribution in [0.4, 0.5) is 0 Å². The number of nitrogens with zero attached hydrogens (tertiary/aromatic N) is 1. The first-order chi connectivity index (χ1) is 12.5. The topological polar surface area (TPSA) is 95.0 Å². The molecule has 0 atom stereocenters. The summed E-state index contributed by atoms with van der Waals surface area (Å²) in [4.78, 5) is 16.5. The van der Waals surface area contributed by atoms with Crippen LogP contribution in [-0.2, 0) is 4.74 Å². The molecule has 4 N–H and O–H groups in total. The van der Waals surface area contributed by atoms with E-state index in [1.165, 1.54) is 12.1 Å². The summed E-state index contributed by atoms with van der Waals surface area (Å²) in [6.07, 6.45) is 0.876. The maximum absolute atomic E-state index is 12.0. The van der Waals surface area contributed by atoms with Crippen molar-refractivity contribution in [2.75, 3.05) is 39.4 Å². The minimum Gasteiger partial charge on any atom is -0.508 e. The quantitative estimate of drug-likeness (QED) is 0.165. The van der Waals surface area contributed by atoms with Crippen molar-refractivity contribution in [3.05, 3.63) is 29.8 Å². The van der Waals surface area contributed by atoms with Crippen molar-refractivity contribution in [1.82, 2.24) is 16.0 Å². The Hall–Kier alpha value is -1.55. The Bertz CT molecular complexity index is 550. The van der Waals surface area contributed by atoms with Gasteiger partial charge < -0.3 is 25.8 Å². The molecule has 0 aromatic heterocycles. The lowest BCUT2D eigenvalue weighted by Gasteiger charge is -2.12. The monoisotopic (exact) mass is 492 g/mol. The largest absolute Gasteiger partial charge is 0.508 e. The van der Waals surface area contributed by atoms with Crippen LogP contribution in [0.2, 0.25) is 0 Å². The molecule has 0 heterocycles. The first kappa shape index (κ1) is 25.4. The number of guanidine groups is 1. The van der Waals surface area contributed by atoms with Crippen LogP contribution in [0.5, 0.6) is 5.75 Å². The fourth-order valence-corrected chi connectivity index (χ4v) is 2.09. The summed E-state index contributed by atoms with van der Waals surface area (Å²) in [5.41, 5.74) is 0.518. The summed E-state index contributed by atoms with van der Waals surface area (Å²) in [7, 11) is 0. The molecule has 1 aromatic carbocycles. The number of aliphatic imine (C=N–C) groups is 1. The van der Waals surface area contributed by atoms with Gasteiger partial charge in [0.05, 0.1) is 0 Å². The van der Waals surface area contributed by atoms with Crippen LogP contribution in [0.1, 0.15) is 37.6 Å². The van der Waals surface area contributed by atoms with Gasteiger partial charge in [0.25, 0.3) is 5.91 Å². The van der Waals surface area contributed by atoms with Gasteiger partial charge in [-0.3, -0.25) is 9.79 Å². The number of phenols is 1. The van der Waals surface area contributed by atoms with Crippen molar-refractivity contribution in [2.45, 2.75) is 27.2 Å². The van der Waals surface area contributed by atoms with E-state index in [4.69, 9.17) is 4.74 Å². The van der Waals surface area contributed by atoms with Crippen LogP contribution in [0.25, 0.3) is 0 Å². The van der Waals surface area contributed by atoms with Crippen LogP contribution in [-0.4, -0.2) is 56.4 Å². The van der Waals surface area contributed by atoms with Crippen LogP contribution >= 0.6 is 24.0 Å². The summed E-state index contributed by atoms with van der Waals surface area (Å²) < 4.78 is 5.54. The number of carbonyl (C=O) groups excluding carboxylic acids is 1. The smallest absolute Gasteiger partial charge is 0.251 e. The molecule has 0 aliphatic carbocycles. The van der Waals surface area contributed by atoms with E-state index < -0.39 is 0 Å². The molecule has 154 valence electrons. The van der Waals surface area contributed by atoms with Crippen molar-refractivity contribution >= 4 is 35.8 Å². The number of aromatic hydroxyl groups is 1.